The molecule has 1 aromatic heterocycles. The molecule has 2 rings (SSSR count). The third kappa shape index (κ3) is 3.19. The van der Waals surface area contributed by atoms with E-state index in [2.05, 4.69) is 16.8 Å². The van der Waals surface area contributed by atoms with E-state index in [1.165, 1.54) is 6.20 Å². The standard InChI is InChI=1S/C13H16N2O3S/c1-2-3-11-4-5-12(8-14-11)19(18)15-7-6-13(17,9-15)10-16/h4-5,8,16-17H,6-7,9-10H2,1H3. The van der Waals surface area contributed by atoms with Gasteiger partial charge in [-0.05, 0) is 31.4 Å². The van der Waals surface area contributed by atoms with Crippen molar-refractivity contribution >= 4 is 11.0 Å². The van der Waals surface area contributed by atoms with E-state index in [4.69, 9.17) is 5.11 Å². The Morgan fingerprint density at radius 3 is 2.89 bits per heavy atom. The molecule has 1 fully saturated rings. The molecule has 102 valence electrons. The van der Waals surface area contributed by atoms with Crippen molar-refractivity contribution in [3.8, 4) is 11.8 Å². The fraction of sp³-hybridized carbons (Fsp3) is 0.462. The molecule has 0 saturated carbocycles. The summed E-state index contributed by atoms with van der Waals surface area (Å²) in [6.45, 7) is 2.10. The van der Waals surface area contributed by atoms with Crippen molar-refractivity contribution < 1.29 is 14.4 Å². The number of hydrogen-bond acceptors (Lipinski definition) is 4. The Bertz CT molecular complexity index is 535. The average Bonchev–Trinajstić information content (AvgIpc) is 2.83. The predicted octanol–water partition coefficient (Wildman–Crippen LogP) is -0.0953. The second-order valence-corrected chi connectivity index (χ2v) is 5.99. The summed E-state index contributed by atoms with van der Waals surface area (Å²) in [6, 6.07) is 3.44. The van der Waals surface area contributed by atoms with Crippen LogP contribution in [0.4, 0.5) is 0 Å². The fourth-order valence-corrected chi connectivity index (χ4v) is 3.16. The van der Waals surface area contributed by atoms with Gasteiger partial charge in [0.05, 0.1) is 11.5 Å². The molecule has 1 aromatic rings. The largest absolute Gasteiger partial charge is 0.393 e. The Kier molecular flexibility index (Phi) is 4.32. The van der Waals surface area contributed by atoms with Crippen molar-refractivity contribution in [3.05, 3.63) is 24.0 Å². The molecule has 2 N–H and O–H groups in total. The quantitative estimate of drug-likeness (QED) is 0.759. The molecule has 0 aromatic carbocycles. The second kappa shape index (κ2) is 5.80. The summed E-state index contributed by atoms with van der Waals surface area (Å²) in [5, 5.41) is 19.0. The molecule has 5 nitrogen and oxygen atoms in total. The minimum absolute atomic E-state index is 0.201. The average molecular weight is 280 g/mol. The van der Waals surface area contributed by atoms with Gasteiger partial charge in [-0.3, -0.25) is 0 Å². The maximum atomic E-state index is 12.3. The van der Waals surface area contributed by atoms with Crippen LogP contribution in [0.5, 0.6) is 0 Å². The lowest BCUT2D eigenvalue weighted by Gasteiger charge is -2.20. The van der Waals surface area contributed by atoms with Crippen LogP contribution in [0, 0.1) is 11.8 Å². The minimum atomic E-state index is -1.37. The Morgan fingerprint density at radius 2 is 2.37 bits per heavy atom. The molecule has 6 heteroatoms. The number of aromatic nitrogens is 1. The number of β-amino-alcohol motifs (C(OH)–C–C–N with tert-alkyl or cyclic N) is 1. The van der Waals surface area contributed by atoms with Gasteiger partial charge in [0.1, 0.15) is 22.3 Å². The highest BCUT2D eigenvalue weighted by Gasteiger charge is 2.38. The van der Waals surface area contributed by atoms with Crippen molar-refractivity contribution in [1.82, 2.24) is 9.29 Å². The summed E-state index contributed by atoms with van der Waals surface area (Å²) in [7, 11) is -1.37. The number of nitrogens with zero attached hydrogens (tertiary/aromatic N) is 2. The zero-order valence-electron chi connectivity index (χ0n) is 10.7. The van der Waals surface area contributed by atoms with E-state index < -0.39 is 16.6 Å². The maximum absolute atomic E-state index is 12.3. The van der Waals surface area contributed by atoms with Crippen molar-refractivity contribution in [2.24, 2.45) is 0 Å². The van der Waals surface area contributed by atoms with Gasteiger partial charge in [0.15, 0.2) is 0 Å². The molecule has 2 atom stereocenters. The van der Waals surface area contributed by atoms with Gasteiger partial charge < -0.3 is 10.2 Å². The third-order valence-electron chi connectivity index (χ3n) is 3.02. The number of hydrogen-bond donors (Lipinski definition) is 2. The molecule has 19 heavy (non-hydrogen) atoms. The highest BCUT2D eigenvalue weighted by Crippen LogP contribution is 2.24. The van der Waals surface area contributed by atoms with Gasteiger partial charge in [0.25, 0.3) is 0 Å². The van der Waals surface area contributed by atoms with E-state index >= 15 is 0 Å². The molecular weight excluding hydrogens is 264 g/mol. The van der Waals surface area contributed by atoms with Gasteiger partial charge in [-0.1, -0.05) is 5.92 Å². The van der Waals surface area contributed by atoms with Crippen molar-refractivity contribution in [1.29, 1.82) is 0 Å². The molecule has 0 spiro atoms. The van der Waals surface area contributed by atoms with Crippen molar-refractivity contribution in [2.45, 2.75) is 23.8 Å². The van der Waals surface area contributed by atoms with Crippen LogP contribution in [0.25, 0.3) is 0 Å². The number of rotatable bonds is 3. The van der Waals surface area contributed by atoms with E-state index in [0.717, 1.165) is 0 Å². The molecule has 1 aliphatic heterocycles. The van der Waals surface area contributed by atoms with Crippen LogP contribution in [0.15, 0.2) is 23.2 Å². The van der Waals surface area contributed by atoms with Crippen molar-refractivity contribution in [3.63, 3.8) is 0 Å². The van der Waals surface area contributed by atoms with Gasteiger partial charge in [-0.2, -0.15) is 0 Å². The summed E-state index contributed by atoms with van der Waals surface area (Å²) in [6.07, 6.45) is 1.95. The SMILES string of the molecule is CC#Cc1ccc(S(=O)N2CCC(O)(CO)C2)cn1. The molecule has 2 heterocycles. The molecule has 2 unspecified atom stereocenters. The van der Waals surface area contributed by atoms with E-state index in [1.807, 2.05) is 0 Å². The Hall–Kier alpha value is -1.26. The zero-order chi connectivity index (χ0) is 13.9. The smallest absolute Gasteiger partial charge is 0.129 e. The van der Waals surface area contributed by atoms with Crippen molar-refractivity contribution in [2.75, 3.05) is 19.7 Å². The van der Waals surface area contributed by atoms with Crippen LogP contribution in [-0.4, -0.2) is 49.0 Å². The van der Waals surface area contributed by atoms with E-state index in [-0.39, 0.29) is 13.2 Å². The summed E-state index contributed by atoms with van der Waals surface area (Å²) in [4.78, 5) is 4.69. The Labute approximate surface area is 114 Å². The molecule has 1 saturated heterocycles. The van der Waals surface area contributed by atoms with E-state index in [9.17, 15) is 9.32 Å². The van der Waals surface area contributed by atoms with Crippen LogP contribution >= 0.6 is 0 Å². The van der Waals surface area contributed by atoms with Crippen LogP contribution in [0.1, 0.15) is 19.0 Å². The summed E-state index contributed by atoms with van der Waals surface area (Å²) < 4.78 is 13.9. The molecule has 1 aliphatic rings. The van der Waals surface area contributed by atoms with Crippen LogP contribution < -0.4 is 0 Å². The van der Waals surface area contributed by atoms with Gasteiger partial charge in [-0.25, -0.2) is 13.5 Å². The summed E-state index contributed by atoms with van der Waals surface area (Å²) in [5.41, 5.74) is -0.506. The first-order chi connectivity index (χ1) is 9.08. The third-order valence-corrected chi connectivity index (χ3v) is 4.44. The zero-order valence-corrected chi connectivity index (χ0v) is 11.5. The lowest BCUT2D eigenvalue weighted by molar-refractivity contribution is -0.000503. The maximum Gasteiger partial charge on any atom is 0.129 e. The first-order valence-corrected chi connectivity index (χ1v) is 7.07. The minimum Gasteiger partial charge on any atom is -0.393 e. The van der Waals surface area contributed by atoms with Crippen LogP contribution in [-0.2, 0) is 11.0 Å². The lowest BCUT2D eigenvalue weighted by atomic mass is 10.1. The normalized spacial score (nSPS) is 24.8. The van der Waals surface area contributed by atoms with Crippen LogP contribution in [0.3, 0.4) is 0 Å². The molecule has 0 amide bonds. The van der Waals surface area contributed by atoms with Crippen LogP contribution in [0.2, 0.25) is 0 Å². The molecule has 0 aliphatic carbocycles. The lowest BCUT2D eigenvalue weighted by Crippen LogP contribution is -2.37. The Morgan fingerprint density at radius 1 is 1.58 bits per heavy atom. The monoisotopic (exact) mass is 280 g/mol. The number of pyridine rings is 1. The number of aliphatic hydroxyl groups is 2. The molecule has 0 bridgehead atoms. The number of aliphatic hydroxyl groups excluding tert-OH is 1. The van der Waals surface area contributed by atoms with Gasteiger partial charge >= 0.3 is 0 Å². The van der Waals surface area contributed by atoms with Gasteiger partial charge in [0, 0.05) is 19.3 Å². The Balaban J connectivity index is 2.10. The molecular formula is C13H16N2O3S. The first-order valence-electron chi connectivity index (χ1n) is 5.97. The summed E-state index contributed by atoms with van der Waals surface area (Å²) >= 11 is 0. The fourth-order valence-electron chi connectivity index (χ4n) is 1.92. The topological polar surface area (TPSA) is 73.7 Å². The molecule has 0 radical (unpaired) electrons. The van der Waals surface area contributed by atoms with E-state index in [0.29, 0.717) is 23.6 Å². The highest BCUT2D eigenvalue weighted by molar-refractivity contribution is 7.82. The van der Waals surface area contributed by atoms with E-state index in [1.54, 1.807) is 23.4 Å². The van der Waals surface area contributed by atoms with Gasteiger partial charge in [0.2, 0.25) is 0 Å². The predicted molar refractivity (Wildman–Crippen MR) is 71.4 cm³/mol. The summed E-state index contributed by atoms with van der Waals surface area (Å²) in [5.74, 6) is 5.57. The van der Waals surface area contributed by atoms with Gasteiger partial charge in [-0.15, -0.1) is 0 Å². The first kappa shape index (κ1) is 14.2. The highest BCUT2D eigenvalue weighted by atomic mass is 32.2. The second-order valence-electron chi connectivity index (χ2n) is 4.50.